The molecule has 2 aliphatic heterocycles. The second-order valence-electron chi connectivity index (χ2n) is 5.21. The number of allylic oxidation sites excluding steroid dienone is 3. The van der Waals surface area contributed by atoms with Gasteiger partial charge in [0.25, 0.3) is 0 Å². The molecule has 1 N–H and O–H groups in total. The fourth-order valence-corrected chi connectivity index (χ4v) is 2.41. The quantitative estimate of drug-likeness (QED) is 0.800. The van der Waals surface area contributed by atoms with Crippen molar-refractivity contribution in [3.63, 3.8) is 0 Å². The van der Waals surface area contributed by atoms with Crippen molar-refractivity contribution in [2.75, 3.05) is 19.7 Å². The molecule has 1 fully saturated rings. The van der Waals surface area contributed by atoms with Crippen LogP contribution in [0.1, 0.15) is 33.6 Å². The molecule has 2 rings (SSSR count). The zero-order valence-electron chi connectivity index (χ0n) is 11.1. The Morgan fingerprint density at radius 3 is 2.59 bits per heavy atom. The highest BCUT2D eigenvalue weighted by molar-refractivity contribution is 5.20. The Balaban J connectivity index is 2.20. The second kappa shape index (κ2) is 5.13. The van der Waals surface area contributed by atoms with Gasteiger partial charge in [0.1, 0.15) is 18.0 Å². The van der Waals surface area contributed by atoms with Gasteiger partial charge in [0.05, 0.1) is 0 Å². The fraction of sp³-hybridized carbons (Fsp3) is 0.714. The summed E-state index contributed by atoms with van der Waals surface area (Å²) in [6, 6.07) is 0. The first-order valence-electron chi connectivity index (χ1n) is 6.56. The average Bonchev–Trinajstić information content (AvgIpc) is 2.33. The normalized spacial score (nSPS) is 24.2. The van der Waals surface area contributed by atoms with E-state index in [2.05, 4.69) is 19.2 Å². The first-order chi connectivity index (χ1) is 8.17. The monoisotopic (exact) mass is 237 g/mol. The van der Waals surface area contributed by atoms with Crippen LogP contribution in [0.5, 0.6) is 0 Å². The average molecular weight is 237 g/mol. The molecular formula is C14H23NO2. The maximum atomic E-state index is 6.30. The lowest BCUT2D eigenvalue weighted by atomic mass is 9.91. The molecule has 0 aromatic heterocycles. The smallest absolute Gasteiger partial charge is 0.157 e. The highest BCUT2D eigenvalue weighted by Crippen LogP contribution is 2.35. The van der Waals surface area contributed by atoms with Crippen molar-refractivity contribution in [2.45, 2.75) is 39.2 Å². The van der Waals surface area contributed by atoms with Crippen LogP contribution in [0.15, 0.2) is 23.7 Å². The van der Waals surface area contributed by atoms with Crippen molar-refractivity contribution in [3.05, 3.63) is 23.7 Å². The van der Waals surface area contributed by atoms with Crippen molar-refractivity contribution < 1.29 is 9.47 Å². The summed E-state index contributed by atoms with van der Waals surface area (Å²) in [4.78, 5) is 0. The zero-order chi connectivity index (χ0) is 12.3. The van der Waals surface area contributed by atoms with E-state index in [1.807, 2.05) is 19.1 Å². The summed E-state index contributed by atoms with van der Waals surface area (Å²) in [6.07, 6.45) is 6.07. The molecule has 3 nitrogen and oxygen atoms in total. The molecule has 1 saturated heterocycles. The van der Waals surface area contributed by atoms with Crippen LogP contribution in [-0.4, -0.2) is 25.3 Å². The van der Waals surface area contributed by atoms with Gasteiger partial charge in [-0.1, -0.05) is 19.9 Å². The van der Waals surface area contributed by atoms with Crippen LogP contribution in [0.2, 0.25) is 0 Å². The maximum absolute atomic E-state index is 6.30. The van der Waals surface area contributed by atoms with Gasteiger partial charge in [-0.25, -0.2) is 0 Å². The van der Waals surface area contributed by atoms with Gasteiger partial charge in [-0.2, -0.15) is 0 Å². The third kappa shape index (κ3) is 2.65. The Morgan fingerprint density at radius 2 is 2.00 bits per heavy atom. The number of rotatable bonds is 2. The minimum absolute atomic E-state index is 0.0874. The highest BCUT2D eigenvalue weighted by atomic mass is 16.6. The fourth-order valence-electron chi connectivity index (χ4n) is 2.41. The summed E-state index contributed by atoms with van der Waals surface area (Å²) >= 11 is 0. The van der Waals surface area contributed by atoms with Crippen molar-refractivity contribution in [1.82, 2.24) is 5.32 Å². The second-order valence-corrected chi connectivity index (χ2v) is 5.21. The molecule has 0 aliphatic carbocycles. The number of ether oxygens (including phenoxy) is 2. The summed E-state index contributed by atoms with van der Waals surface area (Å²) in [7, 11) is 0. The lowest BCUT2D eigenvalue weighted by Gasteiger charge is -2.42. The Morgan fingerprint density at radius 1 is 1.29 bits per heavy atom. The van der Waals surface area contributed by atoms with E-state index in [9.17, 15) is 0 Å². The van der Waals surface area contributed by atoms with E-state index in [0.29, 0.717) is 12.5 Å². The van der Waals surface area contributed by atoms with Gasteiger partial charge in [-0.15, -0.1) is 0 Å². The van der Waals surface area contributed by atoms with Gasteiger partial charge >= 0.3 is 0 Å². The number of hydrogen-bond acceptors (Lipinski definition) is 3. The van der Waals surface area contributed by atoms with Gasteiger partial charge in [-0.05, 0) is 26.1 Å². The minimum Gasteiger partial charge on any atom is -0.486 e. The molecule has 0 amide bonds. The first-order valence-corrected chi connectivity index (χ1v) is 6.56. The number of hydrogen-bond donors (Lipinski definition) is 1. The minimum atomic E-state index is -0.0874. The van der Waals surface area contributed by atoms with Gasteiger partial charge in [0.2, 0.25) is 0 Å². The Labute approximate surface area is 104 Å². The van der Waals surface area contributed by atoms with E-state index in [-0.39, 0.29) is 5.60 Å². The molecule has 0 aromatic rings. The summed E-state index contributed by atoms with van der Waals surface area (Å²) in [5.41, 5.74) is -0.0874. The molecular weight excluding hydrogens is 214 g/mol. The van der Waals surface area contributed by atoms with Crippen LogP contribution in [0.3, 0.4) is 0 Å². The van der Waals surface area contributed by atoms with Crippen LogP contribution in [0, 0.1) is 5.92 Å². The summed E-state index contributed by atoms with van der Waals surface area (Å²) in [6.45, 7) is 9.04. The lowest BCUT2D eigenvalue weighted by Crippen LogP contribution is -2.49. The third-order valence-electron chi connectivity index (χ3n) is 3.42. The van der Waals surface area contributed by atoms with Crippen molar-refractivity contribution >= 4 is 0 Å². The van der Waals surface area contributed by atoms with Crippen LogP contribution in [0.4, 0.5) is 0 Å². The zero-order valence-corrected chi connectivity index (χ0v) is 11.1. The van der Waals surface area contributed by atoms with Crippen LogP contribution < -0.4 is 5.32 Å². The van der Waals surface area contributed by atoms with Gasteiger partial charge in [0, 0.05) is 18.8 Å². The number of nitrogens with one attached hydrogen (secondary N) is 1. The summed E-state index contributed by atoms with van der Waals surface area (Å²) in [5, 5.41) is 3.37. The Hall–Kier alpha value is -0.960. The largest absolute Gasteiger partial charge is 0.486 e. The van der Waals surface area contributed by atoms with E-state index >= 15 is 0 Å². The predicted molar refractivity (Wildman–Crippen MR) is 68.5 cm³/mol. The third-order valence-corrected chi connectivity index (χ3v) is 3.42. The lowest BCUT2D eigenvalue weighted by molar-refractivity contribution is -0.107. The molecule has 1 spiro atoms. The van der Waals surface area contributed by atoms with E-state index in [0.717, 1.165) is 37.4 Å². The molecule has 17 heavy (non-hydrogen) atoms. The van der Waals surface area contributed by atoms with E-state index < -0.39 is 0 Å². The van der Waals surface area contributed by atoms with Gasteiger partial charge in [0.15, 0.2) is 5.76 Å². The van der Waals surface area contributed by atoms with E-state index in [4.69, 9.17) is 9.47 Å². The molecule has 0 aromatic carbocycles. The van der Waals surface area contributed by atoms with E-state index in [1.165, 1.54) is 0 Å². The molecule has 0 unspecified atom stereocenters. The van der Waals surface area contributed by atoms with Crippen molar-refractivity contribution in [2.24, 2.45) is 5.92 Å². The summed E-state index contributed by atoms with van der Waals surface area (Å²) in [5.74, 6) is 2.29. The van der Waals surface area contributed by atoms with Gasteiger partial charge < -0.3 is 14.8 Å². The molecule has 0 bridgehead atoms. The SMILES string of the molecule is C/C=C\C1=C(C(C)C)OC2(CCNCC2)CO1. The predicted octanol–water partition coefficient (Wildman–Crippen LogP) is 2.60. The molecule has 0 radical (unpaired) electrons. The van der Waals surface area contributed by atoms with Crippen molar-refractivity contribution in [1.29, 1.82) is 0 Å². The first kappa shape index (κ1) is 12.5. The van der Waals surface area contributed by atoms with Crippen LogP contribution in [0.25, 0.3) is 0 Å². The molecule has 3 heteroatoms. The Kier molecular flexibility index (Phi) is 3.77. The molecule has 2 heterocycles. The number of piperidine rings is 1. The molecule has 96 valence electrons. The van der Waals surface area contributed by atoms with Crippen LogP contribution in [-0.2, 0) is 9.47 Å². The highest BCUT2D eigenvalue weighted by Gasteiger charge is 2.40. The van der Waals surface area contributed by atoms with Crippen molar-refractivity contribution in [3.8, 4) is 0 Å². The standard InChI is InChI=1S/C14H23NO2/c1-4-5-12-13(11(2)3)17-14(10-16-12)6-8-15-9-7-14/h4-5,11,15H,6-10H2,1-3H3/b5-4-. The molecule has 0 saturated carbocycles. The van der Waals surface area contributed by atoms with E-state index in [1.54, 1.807) is 0 Å². The summed E-state index contributed by atoms with van der Waals surface area (Å²) < 4.78 is 12.2. The topological polar surface area (TPSA) is 30.5 Å². The molecule has 0 atom stereocenters. The maximum Gasteiger partial charge on any atom is 0.157 e. The van der Waals surface area contributed by atoms with Crippen LogP contribution >= 0.6 is 0 Å². The Bertz CT molecular complexity index is 325. The van der Waals surface area contributed by atoms with Gasteiger partial charge in [-0.3, -0.25) is 0 Å². The molecule has 2 aliphatic rings.